The number of nitrogens with one attached hydrogen (secondary N) is 1. The molecule has 4 heterocycles. The SMILES string of the molecule is C=C1Nc2ccccc2C12COCC(n1cc(COc3c(Cl)cc(Cl)cc3-c3ccc(C(=O)OCC)c(C)n3)nn1)C2. The summed E-state index contributed by atoms with van der Waals surface area (Å²) < 4.78 is 19.2. The first kappa shape index (κ1) is 28.2. The van der Waals surface area contributed by atoms with Crippen LogP contribution in [0.4, 0.5) is 5.69 Å². The van der Waals surface area contributed by atoms with Gasteiger partial charge >= 0.3 is 5.97 Å². The lowest BCUT2D eigenvalue weighted by molar-refractivity contribution is 0.0125. The maximum absolute atomic E-state index is 12.2. The average Bonchev–Trinajstić information content (AvgIpc) is 3.55. The first-order valence-electron chi connectivity index (χ1n) is 13.6. The van der Waals surface area contributed by atoms with Gasteiger partial charge in [-0.2, -0.15) is 0 Å². The third kappa shape index (κ3) is 5.12. The van der Waals surface area contributed by atoms with Gasteiger partial charge in [0.1, 0.15) is 18.1 Å². The van der Waals surface area contributed by atoms with Gasteiger partial charge in [-0.25, -0.2) is 9.48 Å². The summed E-state index contributed by atoms with van der Waals surface area (Å²) in [4.78, 5) is 16.9. The quantitative estimate of drug-likeness (QED) is 0.237. The van der Waals surface area contributed by atoms with E-state index in [1.54, 1.807) is 38.1 Å². The van der Waals surface area contributed by atoms with E-state index in [0.717, 1.165) is 17.8 Å². The molecule has 2 aliphatic rings. The van der Waals surface area contributed by atoms with Gasteiger partial charge in [0.2, 0.25) is 0 Å². The molecule has 0 aliphatic carbocycles. The zero-order valence-corrected chi connectivity index (χ0v) is 24.7. The van der Waals surface area contributed by atoms with Crippen LogP contribution in [0, 0.1) is 6.92 Å². The highest BCUT2D eigenvalue weighted by atomic mass is 35.5. The number of para-hydroxylation sites is 1. The Morgan fingerprint density at radius 1 is 1.24 bits per heavy atom. The molecule has 2 unspecified atom stereocenters. The molecule has 0 saturated carbocycles. The second-order valence-electron chi connectivity index (χ2n) is 10.4. The number of fused-ring (bicyclic) bond motifs is 2. The van der Waals surface area contributed by atoms with Crippen molar-refractivity contribution >= 4 is 34.9 Å². The minimum Gasteiger partial charge on any atom is -0.485 e. The molecule has 9 nitrogen and oxygen atoms in total. The topological polar surface area (TPSA) is 100 Å². The van der Waals surface area contributed by atoms with Crippen molar-refractivity contribution in [2.24, 2.45) is 0 Å². The number of hydrogen-bond donors (Lipinski definition) is 1. The van der Waals surface area contributed by atoms with Crippen LogP contribution in [0.2, 0.25) is 10.0 Å². The molecule has 1 spiro atoms. The van der Waals surface area contributed by atoms with Crippen LogP contribution in [-0.4, -0.2) is 45.8 Å². The maximum Gasteiger partial charge on any atom is 0.339 e. The van der Waals surface area contributed by atoms with Crippen LogP contribution in [0.25, 0.3) is 11.3 Å². The number of ether oxygens (including phenoxy) is 3. The molecule has 11 heteroatoms. The molecule has 2 aliphatic heterocycles. The van der Waals surface area contributed by atoms with Crippen molar-refractivity contribution in [2.75, 3.05) is 25.1 Å². The number of benzene rings is 2. The van der Waals surface area contributed by atoms with Gasteiger partial charge in [-0.1, -0.05) is 53.2 Å². The highest BCUT2D eigenvalue weighted by Crippen LogP contribution is 2.49. The number of carbonyl (C=O) groups excluding carboxylic acids is 1. The minimum atomic E-state index is -0.426. The molecule has 2 aromatic heterocycles. The van der Waals surface area contributed by atoms with Crippen molar-refractivity contribution in [2.45, 2.75) is 38.3 Å². The van der Waals surface area contributed by atoms with E-state index < -0.39 is 5.97 Å². The van der Waals surface area contributed by atoms with E-state index >= 15 is 0 Å². The van der Waals surface area contributed by atoms with Crippen LogP contribution in [0.5, 0.6) is 5.75 Å². The number of esters is 1. The molecule has 42 heavy (non-hydrogen) atoms. The summed E-state index contributed by atoms with van der Waals surface area (Å²) in [5.74, 6) is -0.0268. The standard InChI is InChI=1S/C31H29Cl2N5O4/c1-4-41-30(39)23-9-10-27(34-18(23)2)24-11-20(32)12-26(33)29(24)42-15-21-14-38(37-36-21)22-13-31(17-40-16-22)19(3)35-28-8-6-5-7-25(28)31/h5-12,14,22,35H,3-4,13,15-17H2,1-2H3. The Labute approximate surface area is 253 Å². The second-order valence-corrected chi connectivity index (χ2v) is 11.2. The summed E-state index contributed by atoms with van der Waals surface area (Å²) in [5, 5.41) is 12.9. The zero-order valence-electron chi connectivity index (χ0n) is 23.2. The molecule has 6 rings (SSSR count). The normalized spacial score (nSPS) is 19.4. The fourth-order valence-electron chi connectivity index (χ4n) is 5.65. The van der Waals surface area contributed by atoms with Gasteiger partial charge in [0.05, 0.1) is 59.4 Å². The number of anilines is 1. The fourth-order valence-corrected chi connectivity index (χ4v) is 6.20. The van der Waals surface area contributed by atoms with Crippen LogP contribution >= 0.6 is 23.2 Å². The lowest BCUT2D eigenvalue weighted by Gasteiger charge is -2.38. The second kappa shape index (κ2) is 11.4. The van der Waals surface area contributed by atoms with Crippen molar-refractivity contribution in [3.8, 4) is 17.0 Å². The first-order valence-corrected chi connectivity index (χ1v) is 14.4. The van der Waals surface area contributed by atoms with Crippen LogP contribution in [0.1, 0.15) is 46.7 Å². The van der Waals surface area contributed by atoms with Crippen LogP contribution in [-0.2, 0) is 21.5 Å². The summed E-state index contributed by atoms with van der Waals surface area (Å²) in [6.45, 7) is 9.28. The molecule has 0 amide bonds. The molecular formula is C31H29Cl2N5O4. The zero-order chi connectivity index (χ0) is 29.4. The van der Waals surface area contributed by atoms with Gasteiger partial charge < -0.3 is 19.5 Å². The van der Waals surface area contributed by atoms with Gasteiger partial charge in [-0.05, 0) is 56.2 Å². The molecule has 2 atom stereocenters. The van der Waals surface area contributed by atoms with Crippen molar-refractivity contribution in [1.29, 1.82) is 0 Å². The minimum absolute atomic E-state index is 0.0375. The molecule has 1 fully saturated rings. The Morgan fingerprint density at radius 2 is 2.07 bits per heavy atom. The largest absolute Gasteiger partial charge is 0.485 e. The van der Waals surface area contributed by atoms with Crippen LogP contribution in [0.3, 0.4) is 0 Å². The monoisotopic (exact) mass is 605 g/mol. The Balaban J connectivity index is 1.21. The van der Waals surface area contributed by atoms with Gasteiger partial charge in [-0.3, -0.25) is 4.98 Å². The smallest absolute Gasteiger partial charge is 0.339 e. The molecule has 2 aromatic carbocycles. The molecule has 1 N–H and O–H groups in total. The van der Waals surface area contributed by atoms with Gasteiger partial charge in [-0.15, -0.1) is 5.10 Å². The number of aryl methyl sites for hydroxylation is 1. The van der Waals surface area contributed by atoms with Crippen molar-refractivity contribution in [1.82, 2.24) is 20.0 Å². The van der Waals surface area contributed by atoms with E-state index in [1.807, 2.05) is 23.0 Å². The number of carbonyl (C=O) groups is 1. The Bertz CT molecular complexity index is 1690. The van der Waals surface area contributed by atoms with Crippen molar-refractivity contribution < 1.29 is 19.0 Å². The van der Waals surface area contributed by atoms with E-state index in [-0.39, 0.29) is 24.7 Å². The van der Waals surface area contributed by atoms with E-state index in [9.17, 15) is 4.79 Å². The van der Waals surface area contributed by atoms with Crippen LogP contribution in [0.15, 0.2) is 67.0 Å². The maximum atomic E-state index is 12.2. The van der Waals surface area contributed by atoms with E-state index in [1.165, 1.54) is 5.56 Å². The van der Waals surface area contributed by atoms with Crippen molar-refractivity contribution in [3.05, 3.63) is 99.6 Å². The highest BCUT2D eigenvalue weighted by Gasteiger charge is 2.47. The molecule has 0 radical (unpaired) electrons. The third-order valence-corrected chi connectivity index (χ3v) is 8.21. The van der Waals surface area contributed by atoms with Crippen LogP contribution < -0.4 is 10.1 Å². The number of rotatable bonds is 7. The average molecular weight is 607 g/mol. The summed E-state index contributed by atoms with van der Waals surface area (Å²) in [5.41, 5.74) is 5.53. The molecular weight excluding hydrogens is 577 g/mol. The summed E-state index contributed by atoms with van der Waals surface area (Å²) >= 11 is 12.9. The van der Waals surface area contributed by atoms with E-state index in [4.69, 9.17) is 37.4 Å². The van der Waals surface area contributed by atoms with Crippen molar-refractivity contribution in [3.63, 3.8) is 0 Å². The highest BCUT2D eigenvalue weighted by molar-refractivity contribution is 6.36. The van der Waals surface area contributed by atoms with E-state index in [2.05, 4.69) is 39.3 Å². The number of aromatic nitrogens is 4. The molecule has 0 bridgehead atoms. The van der Waals surface area contributed by atoms with Gasteiger partial charge in [0, 0.05) is 22.0 Å². The molecule has 4 aromatic rings. The first-order chi connectivity index (χ1) is 20.3. The number of hydrogen-bond acceptors (Lipinski definition) is 8. The lowest BCUT2D eigenvalue weighted by Crippen LogP contribution is -2.41. The summed E-state index contributed by atoms with van der Waals surface area (Å²) in [6, 6.07) is 14.9. The van der Waals surface area contributed by atoms with Gasteiger partial charge in [0.15, 0.2) is 0 Å². The summed E-state index contributed by atoms with van der Waals surface area (Å²) in [7, 11) is 0. The number of nitrogens with zero attached hydrogens (tertiary/aromatic N) is 4. The Morgan fingerprint density at radius 3 is 2.88 bits per heavy atom. The Hall–Kier alpha value is -3.92. The predicted molar refractivity (Wildman–Crippen MR) is 160 cm³/mol. The van der Waals surface area contributed by atoms with E-state index in [0.29, 0.717) is 57.2 Å². The Kier molecular flexibility index (Phi) is 7.66. The van der Waals surface area contributed by atoms with Gasteiger partial charge in [0.25, 0.3) is 0 Å². The molecule has 216 valence electrons. The number of halogens is 2. The fraction of sp³-hybridized carbons (Fsp3) is 0.290. The lowest BCUT2D eigenvalue weighted by atomic mass is 9.74. The summed E-state index contributed by atoms with van der Waals surface area (Å²) in [6.07, 6.45) is 2.64. The number of pyridine rings is 1. The third-order valence-electron chi connectivity index (χ3n) is 7.71. The molecule has 1 saturated heterocycles. The predicted octanol–water partition coefficient (Wildman–Crippen LogP) is 6.55.